The lowest BCUT2D eigenvalue weighted by Crippen LogP contribution is -2.49. The van der Waals surface area contributed by atoms with E-state index >= 15 is 0 Å². The molecule has 1 fully saturated rings. The van der Waals surface area contributed by atoms with Crippen LogP contribution in [0, 0.1) is 5.82 Å². The van der Waals surface area contributed by atoms with Crippen LogP contribution in [-0.4, -0.2) is 18.3 Å². The lowest BCUT2D eigenvalue weighted by Gasteiger charge is -2.45. The summed E-state index contributed by atoms with van der Waals surface area (Å²) in [7, 11) is 0. The largest absolute Gasteiger partial charge is 0.487 e. The Morgan fingerprint density at radius 2 is 2.26 bits per heavy atom. The van der Waals surface area contributed by atoms with Gasteiger partial charge < -0.3 is 15.2 Å². The van der Waals surface area contributed by atoms with Gasteiger partial charge in [0.05, 0.1) is 12.7 Å². The minimum Gasteiger partial charge on any atom is -0.487 e. The van der Waals surface area contributed by atoms with E-state index in [0.717, 1.165) is 31.2 Å². The van der Waals surface area contributed by atoms with E-state index in [9.17, 15) is 4.39 Å². The third kappa shape index (κ3) is 2.35. The van der Waals surface area contributed by atoms with E-state index in [2.05, 4.69) is 6.92 Å². The van der Waals surface area contributed by atoms with E-state index in [1.54, 1.807) is 6.07 Å². The van der Waals surface area contributed by atoms with Crippen molar-refractivity contribution in [3.05, 3.63) is 29.6 Å². The van der Waals surface area contributed by atoms with E-state index in [-0.39, 0.29) is 23.6 Å². The molecule has 3 nitrogen and oxygen atoms in total. The molecule has 104 valence electrons. The van der Waals surface area contributed by atoms with Gasteiger partial charge >= 0.3 is 0 Å². The van der Waals surface area contributed by atoms with Gasteiger partial charge in [0.15, 0.2) is 0 Å². The van der Waals surface area contributed by atoms with Crippen molar-refractivity contribution in [2.75, 3.05) is 6.61 Å². The van der Waals surface area contributed by atoms with Gasteiger partial charge in [0, 0.05) is 36.9 Å². The van der Waals surface area contributed by atoms with Gasteiger partial charge in [-0.1, -0.05) is 13.0 Å². The summed E-state index contributed by atoms with van der Waals surface area (Å²) in [6.07, 6.45) is 3.64. The first-order valence-corrected chi connectivity index (χ1v) is 6.97. The van der Waals surface area contributed by atoms with Crippen molar-refractivity contribution in [3.8, 4) is 5.75 Å². The first kappa shape index (κ1) is 12.9. The summed E-state index contributed by atoms with van der Waals surface area (Å²) in [5, 5.41) is 0. The Labute approximate surface area is 112 Å². The second-order valence-electron chi connectivity index (χ2n) is 5.63. The minimum atomic E-state index is -0.279. The number of halogens is 1. The number of rotatable bonds is 1. The van der Waals surface area contributed by atoms with E-state index in [4.69, 9.17) is 15.2 Å². The molecule has 2 heterocycles. The number of nitrogens with two attached hydrogens (primary N) is 1. The molecule has 2 aliphatic heterocycles. The molecule has 0 aromatic heterocycles. The molecular weight excluding hydrogens is 245 g/mol. The molecule has 1 aromatic rings. The van der Waals surface area contributed by atoms with Crippen LogP contribution in [0.5, 0.6) is 5.75 Å². The highest BCUT2D eigenvalue weighted by Crippen LogP contribution is 2.44. The summed E-state index contributed by atoms with van der Waals surface area (Å²) >= 11 is 0. The molecule has 1 saturated heterocycles. The van der Waals surface area contributed by atoms with Crippen LogP contribution in [0.2, 0.25) is 0 Å². The minimum absolute atomic E-state index is 0.0834. The molecule has 19 heavy (non-hydrogen) atoms. The fourth-order valence-electron chi connectivity index (χ4n) is 3.22. The molecule has 3 rings (SSSR count). The zero-order valence-corrected chi connectivity index (χ0v) is 11.2. The first-order chi connectivity index (χ1) is 9.12. The predicted octanol–water partition coefficient (Wildman–Crippen LogP) is 2.94. The Kier molecular flexibility index (Phi) is 3.23. The first-order valence-electron chi connectivity index (χ1n) is 6.97. The van der Waals surface area contributed by atoms with Gasteiger partial charge in [-0.2, -0.15) is 0 Å². The molecule has 1 aromatic carbocycles. The standard InChI is InChI=1S/C15H20FNO2/c1-2-11-8-15(5-6-18-11)9-13(17)12-4-3-10(16)7-14(12)19-15/h3-4,7,11,13H,2,5-6,8-9,17H2,1H3/t11?,13-,15?/m0/s1. The van der Waals surface area contributed by atoms with Crippen molar-refractivity contribution in [2.24, 2.45) is 5.73 Å². The molecule has 0 bridgehead atoms. The molecule has 2 N–H and O–H groups in total. The Bertz CT molecular complexity index is 479. The number of benzene rings is 1. The Morgan fingerprint density at radius 3 is 3.05 bits per heavy atom. The normalized spacial score (nSPS) is 33.8. The van der Waals surface area contributed by atoms with Crippen LogP contribution in [0.3, 0.4) is 0 Å². The van der Waals surface area contributed by atoms with Crippen LogP contribution in [0.4, 0.5) is 4.39 Å². The smallest absolute Gasteiger partial charge is 0.127 e. The van der Waals surface area contributed by atoms with Gasteiger partial charge in [0.25, 0.3) is 0 Å². The molecule has 0 radical (unpaired) electrons. The van der Waals surface area contributed by atoms with E-state index in [0.29, 0.717) is 12.4 Å². The highest BCUT2D eigenvalue weighted by Gasteiger charge is 2.43. The molecule has 2 unspecified atom stereocenters. The SMILES string of the molecule is CCC1CC2(CCO1)C[C@H](N)c1ccc(F)cc1O2. The van der Waals surface area contributed by atoms with Crippen LogP contribution < -0.4 is 10.5 Å². The van der Waals surface area contributed by atoms with Crippen molar-refractivity contribution in [1.82, 2.24) is 0 Å². The summed E-state index contributed by atoms with van der Waals surface area (Å²) < 4.78 is 25.2. The highest BCUT2D eigenvalue weighted by molar-refractivity contribution is 5.39. The lowest BCUT2D eigenvalue weighted by atomic mass is 9.80. The lowest BCUT2D eigenvalue weighted by molar-refractivity contribution is -0.102. The third-order valence-electron chi connectivity index (χ3n) is 4.26. The van der Waals surface area contributed by atoms with E-state index in [1.807, 2.05) is 0 Å². The van der Waals surface area contributed by atoms with Gasteiger partial charge in [0.1, 0.15) is 17.2 Å². The van der Waals surface area contributed by atoms with Gasteiger partial charge in [-0.15, -0.1) is 0 Å². The average molecular weight is 265 g/mol. The van der Waals surface area contributed by atoms with Crippen LogP contribution in [0.1, 0.15) is 44.2 Å². The Balaban J connectivity index is 1.90. The summed E-state index contributed by atoms with van der Waals surface area (Å²) in [6.45, 7) is 2.80. The zero-order chi connectivity index (χ0) is 13.5. The molecule has 0 aliphatic carbocycles. The Morgan fingerprint density at radius 1 is 1.42 bits per heavy atom. The van der Waals surface area contributed by atoms with Crippen molar-refractivity contribution in [1.29, 1.82) is 0 Å². The van der Waals surface area contributed by atoms with Crippen LogP contribution in [0.25, 0.3) is 0 Å². The zero-order valence-electron chi connectivity index (χ0n) is 11.2. The van der Waals surface area contributed by atoms with E-state index < -0.39 is 0 Å². The fraction of sp³-hybridized carbons (Fsp3) is 0.600. The summed E-state index contributed by atoms with van der Waals surface area (Å²) in [4.78, 5) is 0. The van der Waals surface area contributed by atoms with Gasteiger partial charge in [-0.05, 0) is 12.5 Å². The van der Waals surface area contributed by atoms with Gasteiger partial charge in [0.2, 0.25) is 0 Å². The molecular formula is C15H20FNO2. The van der Waals surface area contributed by atoms with Crippen LogP contribution in [-0.2, 0) is 4.74 Å². The molecule has 1 spiro atoms. The van der Waals surface area contributed by atoms with Gasteiger partial charge in [-0.25, -0.2) is 4.39 Å². The summed E-state index contributed by atoms with van der Waals surface area (Å²) in [5.74, 6) is 0.331. The molecule has 3 atom stereocenters. The predicted molar refractivity (Wildman–Crippen MR) is 70.6 cm³/mol. The van der Waals surface area contributed by atoms with Crippen molar-refractivity contribution < 1.29 is 13.9 Å². The van der Waals surface area contributed by atoms with E-state index in [1.165, 1.54) is 12.1 Å². The fourth-order valence-corrected chi connectivity index (χ4v) is 3.22. The van der Waals surface area contributed by atoms with Crippen molar-refractivity contribution >= 4 is 0 Å². The molecule has 0 saturated carbocycles. The van der Waals surface area contributed by atoms with Crippen molar-refractivity contribution in [3.63, 3.8) is 0 Å². The average Bonchev–Trinajstić information content (AvgIpc) is 2.38. The van der Waals surface area contributed by atoms with Gasteiger partial charge in [-0.3, -0.25) is 0 Å². The number of hydrogen-bond donors (Lipinski definition) is 1. The number of hydrogen-bond acceptors (Lipinski definition) is 3. The maximum Gasteiger partial charge on any atom is 0.127 e. The maximum absolute atomic E-state index is 13.4. The number of ether oxygens (including phenoxy) is 2. The Hall–Kier alpha value is -1.13. The molecule has 4 heteroatoms. The summed E-state index contributed by atoms with van der Waals surface area (Å²) in [6, 6.07) is 4.55. The van der Waals surface area contributed by atoms with Crippen molar-refractivity contribution in [2.45, 2.75) is 50.4 Å². The monoisotopic (exact) mass is 265 g/mol. The number of fused-ring (bicyclic) bond motifs is 1. The highest BCUT2D eigenvalue weighted by atomic mass is 19.1. The van der Waals surface area contributed by atoms with Crippen LogP contribution >= 0.6 is 0 Å². The summed E-state index contributed by atoms with van der Waals surface area (Å²) in [5.41, 5.74) is 6.88. The molecule has 0 amide bonds. The maximum atomic E-state index is 13.4. The molecule has 2 aliphatic rings. The topological polar surface area (TPSA) is 44.5 Å². The second kappa shape index (κ2) is 4.76. The van der Waals surface area contributed by atoms with Crippen LogP contribution in [0.15, 0.2) is 18.2 Å². The third-order valence-corrected chi connectivity index (χ3v) is 4.26. The quantitative estimate of drug-likeness (QED) is 0.849. The second-order valence-corrected chi connectivity index (χ2v) is 5.63.